The summed E-state index contributed by atoms with van der Waals surface area (Å²) in [6.07, 6.45) is 6.48. The van der Waals surface area contributed by atoms with Gasteiger partial charge in [-0.3, -0.25) is 14.6 Å². The predicted octanol–water partition coefficient (Wildman–Crippen LogP) is 1.12. The van der Waals surface area contributed by atoms with E-state index in [-0.39, 0.29) is 23.8 Å². The van der Waals surface area contributed by atoms with E-state index in [1.165, 1.54) is 12.4 Å². The number of benzene rings is 1. The van der Waals surface area contributed by atoms with Crippen LogP contribution in [0.4, 0.5) is 0 Å². The molecule has 3 aromatic rings. The van der Waals surface area contributed by atoms with Crippen LogP contribution in [0.2, 0.25) is 0 Å². The van der Waals surface area contributed by atoms with Crippen LogP contribution in [0, 0.1) is 5.92 Å². The third kappa shape index (κ3) is 2.88. The highest BCUT2D eigenvalue weighted by Gasteiger charge is 2.39. The number of rotatable bonds is 2. The van der Waals surface area contributed by atoms with Crippen LogP contribution < -0.4 is 0 Å². The summed E-state index contributed by atoms with van der Waals surface area (Å²) in [6, 6.07) is 5.35. The molecule has 142 valence electrons. The minimum Gasteiger partial charge on any atom is -0.335 e. The molecule has 0 spiro atoms. The average molecular weight is 377 g/mol. The number of amides is 2. The standard InChI is InChI=1S/C19H19N7O2/c27-18(13-2-4-15-16(7-13)23-24-22-15)26-10-12-1-3-14(26)11-25(9-12)19(28)17-8-20-5-6-21-17/h2,4-8,12,14H,1,3,9-11H2,(H,22,23,24)/t12-,14+/m0/s1. The molecule has 6 rings (SSSR count). The summed E-state index contributed by atoms with van der Waals surface area (Å²) in [7, 11) is 0. The number of nitrogens with zero attached hydrogens (tertiary/aromatic N) is 6. The quantitative estimate of drug-likeness (QED) is 0.717. The number of nitrogens with one attached hydrogen (secondary N) is 1. The van der Waals surface area contributed by atoms with Crippen molar-refractivity contribution in [3.63, 3.8) is 0 Å². The number of hydrogen-bond acceptors (Lipinski definition) is 6. The summed E-state index contributed by atoms with van der Waals surface area (Å²) in [6.45, 7) is 1.81. The van der Waals surface area contributed by atoms with Gasteiger partial charge in [0.15, 0.2) is 0 Å². The Labute approximate surface area is 160 Å². The number of H-pyrrole nitrogens is 1. The fourth-order valence-corrected chi connectivity index (χ4v) is 4.21. The molecule has 28 heavy (non-hydrogen) atoms. The number of aromatic nitrogens is 5. The molecule has 1 aromatic carbocycles. The van der Waals surface area contributed by atoms with Gasteiger partial charge in [-0.15, -0.1) is 0 Å². The van der Waals surface area contributed by atoms with Gasteiger partial charge in [-0.25, -0.2) is 4.98 Å². The molecule has 3 saturated heterocycles. The van der Waals surface area contributed by atoms with E-state index in [2.05, 4.69) is 25.4 Å². The first-order valence-corrected chi connectivity index (χ1v) is 9.36. The van der Waals surface area contributed by atoms with Crippen LogP contribution in [0.1, 0.15) is 33.7 Å². The molecule has 0 saturated carbocycles. The molecular formula is C19H19N7O2. The Balaban J connectivity index is 1.39. The first-order chi connectivity index (χ1) is 13.7. The van der Waals surface area contributed by atoms with Gasteiger partial charge in [0.25, 0.3) is 11.8 Å². The summed E-state index contributed by atoms with van der Waals surface area (Å²) in [5, 5.41) is 10.7. The average Bonchev–Trinajstić information content (AvgIpc) is 3.02. The zero-order valence-electron chi connectivity index (χ0n) is 15.2. The smallest absolute Gasteiger partial charge is 0.274 e. The van der Waals surface area contributed by atoms with Gasteiger partial charge >= 0.3 is 0 Å². The third-order valence-electron chi connectivity index (χ3n) is 5.61. The second kappa shape index (κ2) is 6.66. The van der Waals surface area contributed by atoms with Crippen molar-refractivity contribution >= 4 is 22.8 Å². The maximum atomic E-state index is 13.2. The van der Waals surface area contributed by atoms with Gasteiger partial charge in [0.1, 0.15) is 16.7 Å². The summed E-state index contributed by atoms with van der Waals surface area (Å²) in [5.74, 6) is 0.121. The summed E-state index contributed by atoms with van der Waals surface area (Å²) in [5.41, 5.74) is 2.35. The molecule has 3 aliphatic heterocycles. The fraction of sp³-hybridized carbons (Fsp3) is 0.368. The highest BCUT2D eigenvalue weighted by molar-refractivity contribution is 5.97. The second-order valence-electron chi connectivity index (χ2n) is 7.38. The van der Waals surface area contributed by atoms with Crippen molar-refractivity contribution in [1.82, 2.24) is 35.2 Å². The lowest BCUT2D eigenvalue weighted by molar-refractivity contribution is 0.0574. The van der Waals surface area contributed by atoms with Gasteiger partial charge < -0.3 is 9.80 Å². The van der Waals surface area contributed by atoms with Crippen LogP contribution in [0.3, 0.4) is 0 Å². The molecule has 2 aromatic heterocycles. The van der Waals surface area contributed by atoms with E-state index in [0.717, 1.165) is 18.4 Å². The molecule has 2 amide bonds. The minimum absolute atomic E-state index is 0.000114. The van der Waals surface area contributed by atoms with Gasteiger partial charge in [0.2, 0.25) is 0 Å². The SMILES string of the molecule is O=C(c1cnccn1)N1C[C@@H]2CC[C@H](C1)N(C(=O)c1ccc3n[nH]nc3c1)C2. The van der Waals surface area contributed by atoms with Crippen molar-refractivity contribution in [2.45, 2.75) is 18.9 Å². The van der Waals surface area contributed by atoms with Crippen LogP contribution in [0.5, 0.6) is 0 Å². The number of aromatic amines is 1. The summed E-state index contributed by atoms with van der Waals surface area (Å²) < 4.78 is 0. The zero-order valence-corrected chi connectivity index (χ0v) is 15.2. The Morgan fingerprint density at radius 3 is 2.75 bits per heavy atom. The lowest BCUT2D eigenvalue weighted by Gasteiger charge is -2.36. The predicted molar refractivity (Wildman–Crippen MR) is 99.4 cm³/mol. The van der Waals surface area contributed by atoms with E-state index >= 15 is 0 Å². The maximum Gasteiger partial charge on any atom is 0.274 e. The van der Waals surface area contributed by atoms with E-state index in [1.54, 1.807) is 24.4 Å². The number of carbonyl (C=O) groups excluding carboxylic acids is 2. The van der Waals surface area contributed by atoms with Crippen molar-refractivity contribution in [1.29, 1.82) is 0 Å². The monoisotopic (exact) mass is 377 g/mol. The number of carbonyl (C=O) groups is 2. The fourth-order valence-electron chi connectivity index (χ4n) is 4.21. The van der Waals surface area contributed by atoms with Crippen molar-refractivity contribution in [2.24, 2.45) is 5.92 Å². The molecule has 1 N–H and O–H groups in total. The molecule has 2 bridgehead atoms. The van der Waals surface area contributed by atoms with E-state index < -0.39 is 0 Å². The van der Waals surface area contributed by atoms with Gasteiger partial charge in [0, 0.05) is 43.6 Å². The van der Waals surface area contributed by atoms with Gasteiger partial charge in [-0.1, -0.05) is 0 Å². The van der Waals surface area contributed by atoms with Crippen LogP contribution >= 0.6 is 0 Å². The van der Waals surface area contributed by atoms with E-state index in [0.29, 0.717) is 36.4 Å². The molecule has 9 nitrogen and oxygen atoms in total. The van der Waals surface area contributed by atoms with Gasteiger partial charge in [-0.2, -0.15) is 15.4 Å². The molecule has 9 heteroatoms. The maximum absolute atomic E-state index is 13.2. The summed E-state index contributed by atoms with van der Waals surface area (Å²) in [4.78, 5) is 37.9. The lowest BCUT2D eigenvalue weighted by atomic mass is 9.94. The lowest BCUT2D eigenvalue weighted by Crippen LogP contribution is -2.47. The Kier molecular flexibility index (Phi) is 4.00. The number of hydrogen-bond donors (Lipinski definition) is 1. The molecule has 2 atom stereocenters. The van der Waals surface area contributed by atoms with Crippen molar-refractivity contribution in [3.05, 3.63) is 48.0 Å². The first-order valence-electron chi connectivity index (χ1n) is 9.36. The second-order valence-corrected chi connectivity index (χ2v) is 7.38. The molecule has 3 aliphatic rings. The Hall–Kier alpha value is -3.36. The normalized spacial score (nSPS) is 21.7. The van der Waals surface area contributed by atoms with E-state index in [4.69, 9.17) is 0 Å². The molecule has 5 heterocycles. The van der Waals surface area contributed by atoms with Crippen LogP contribution in [0.15, 0.2) is 36.8 Å². The van der Waals surface area contributed by atoms with Crippen LogP contribution in [0.25, 0.3) is 11.0 Å². The van der Waals surface area contributed by atoms with Crippen LogP contribution in [-0.4, -0.2) is 72.7 Å². The Morgan fingerprint density at radius 1 is 1.00 bits per heavy atom. The third-order valence-corrected chi connectivity index (χ3v) is 5.61. The molecular weight excluding hydrogens is 358 g/mol. The Morgan fingerprint density at radius 2 is 1.89 bits per heavy atom. The molecule has 3 fully saturated rings. The Bertz CT molecular complexity index is 1030. The molecule has 0 aliphatic carbocycles. The van der Waals surface area contributed by atoms with Crippen molar-refractivity contribution in [3.8, 4) is 0 Å². The molecule has 0 radical (unpaired) electrons. The van der Waals surface area contributed by atoms with Crippen molar-refractivity contribution < 1.29 is 9.59 Å². The highest BCUT2D eigenvalue weighted by atomic mass is 16.2. The van der Waals surface area contributed by atoms with E-state index in [1.807, 2.05) is 9.80 Å². The number of fused-ring (bicyclic) bond motifs is 5. The van der Waals surface area contributed by atoms with E-state index in [9.17, 15) is 9.59 Å². The first kappa shape index (κ1) is 16.8. The van der Waals surface area contributed by atoms with Crippen LogP contribution in [-0.2, 0) is 0 Å². The topological polar surface area (TPSA) is 108 Å². The highest BCUT2D eigenvalue weighted by Crippen LogP contribution is 2.30. The van der Waals surface area contributed by atoms with Gasteiger partial charge in [0.05, 0.1) is 6.20 Å². The molecule has 0 unspecified atom stereocenters. The minimum atomic E-state index is -0.122. The zero-order chi connectivity index (χ0) is 19.1. The largest absolute Gasteiger partial charge is 0.335 e. The van der Waals surface area contributed by atoms with Crippen molar-refractivity contribution in [2.75, 3.05) is 19.6 Å². The van der Waals surface area contributed by atoms with Gasteiger partial charge in [-0.05, 0) is 37.0 Å². The summed E-state index contributed by atoms with van der Waals surface area (Å²) >= 11 is 0. The number of piperidine rings is 1.